The number of Topliss-reactive ketones (excluding diaryl/α,β-unsaturated/α-hetero) is 1. The molecule has 1 aromatic rings. The van der Waals surface area contributed by atoms with E-state index in [0.717, 1.165) is 9.13 Å². The molecule has 1 nitrogen and oxygen atoms in total. The second-order valence-corrected chi connectivity index (χ2v) is 10.8. The maximum Gasteiger partial charge on any atom is 0.201 e. The van der Waals surface area contributed by atoms with Gasteiger partial charge in [0.25, 0.3) is 0 Å². The van der Waals surface area contributed by atoms with Crippen LogP contribution >= 0.6 is 70.4 Å². The van der Waals surface area contributed by atoms with Gasteiger partial charge in [-0.3, -0.25) is 4.79 Å². The lowest BCUT2D eigenvalue weighted by atomic mass is 10.1. The first kappa shape index (κ1) is 13.1. The lowest BCUT2D eigenvalue weighted by Crippen LogP contribution is -2.18. The predicted molar refractivity (Wildman–Crippen MR) is 77.7 cm³/mol. The van der Waals surface area contributed by atoms with Gasteiger partial charge in [0.05, 0.1) is 0 Å². The third-order valence-corrected chi connectivity index (χ3v) is 3.45. The zero-order valence-corrected chi connectivity index (χ0v) is 14.1. The second-order valence-electron chi connectivity index (χ2n) is 2.79. The van der Waals surface area contributed by atoms with Crippen LogP contribution < -0.4 is 0 Å². The minimum absolute atomic E-state index is 0.0338. The molecule has 5 heteroatoms. The van der Waals surface area contributed by atoms with E-state index in [1.807, 2.05) is 25.1 Å². The highest BCUT2D eigenvalue weighted by Gasteiger charge is 2.30. The van der Waals surface area contributed by atoms with Crippen molar-refractivity contribution in [2.75, 3.05) is 0 Å². The van der Waals surface area contributed by atoms with Crippen LogP contribution in [0.3, 0.4) is 0 Å². The Balaban J connectivity index is 3.19. The van der Waals surface area contributed by atoms with Gasteiger partial charge in [0, 0.05) is 9.13 Å². The number of carbonyl (C=O) groups excluding carboxylic acids is 1. The maximum absolute atomic E-state index is 11.9. The molecule has 1 rings (SSSR count). The Kier molecular flexibility index (Phi) is 4.62. The van der Waals surface area contributed by atoms with Crippen LogP contribution in [-0.4, -0.2) is 7.93 Å². The number of rotatable bonds is 1. The highest BCUT2D eigenvalue weighted by atomic mass is 127. The minimum Gasteiger partial charge on any atom is -0.291 e. The number of carbonyl (C=O) groups is 1. The summed E-state index contributed by atoms with van der Waals surface area (Å²) < 4.78 is 0.190. The van der Waals surface area contributed by atoms with Crippen molar-refractivity contribution in [1.82, 2.24) is 0 Å². The quantitative estimate of drug-likeness (QED) is 0.315. The number of benzene rings is 1. The fraction of sp³-hybridized carbons (Fsp3) is 0.222. The SMILES string of the molecule is Cc1ccc(I)cc1C(=O)C(Br)(Br)Br. The monoisotopic (exact) mass is 494 g/mol. The van der Waals surface area contributed by atoms with Gasteiger partial charge in [-0.2, -0.15) is 0 Å². The van der Waals surface area contributed by atoms with Crippen LogP contribution in [0, 0.1) is 10.5 Å². The van der Waals surface area contributed by atoms with Crippen molar-refractivity contribution in [2.24, 2.45) is 0 Å². The van der Waals surface area contributed by atoms with Crippen LogP contribution in [-0.2, 0) is 0 Å². The third kappa shape index (κ3) is 3.28. The summed E-state index contributed by atoms with van der Waals surface area (Å²) in [6.45, 7) is 1.92. The van der Waals surface area contributed by atoms with Gasteiger partial charge < -0.3 is 0 Å². The molecule has 0 fully saturated rings. The van der Waals surface area contributed by atoms with Crippen LogP contribution in [0.4, 0.5) is 0 Å². The number of halogens is 4. The number of alkyl halides is 3. The maximum atomic E-state index is 11.9. The van der Waals surface area contributed by atoms with Gasteiger partial charge in [-0.15, -0.1) is 0 Å². The van der Waals surface area contributed by atoms with Crippen LogP contribution in [0.1, 0.15) is 15.9 Å². The molecule has 0 aromatic heterocycles. The molecule has 0 saturated heterocycles. The molecular formula is C9H6Br3IO. The zero-order valence-electron chi connectivity index (χ0n) is 7.15. The molecule has 0 spiro atoms. The van der Waals surface area contributed by atoms with E-state index in [1.165, 1.54) is 0 Å². The van der Waals surface area contributed by atoms with Gasteiger partial charge in [-0.1, -0.05) is 53.9 Å². The number of ketones is 1. The van der Waals surface area contributed by atoms with Crippen molar-refractivity contribution in [2.45, 2.75) is 9.07 Å². The second kappa shape index (κ2) is 4.93. The number of hydrogen-bond donors (Lipinski definition) is 0. The van der Waals surface area contributed by atoms with Gasteiger partial charge in [0.15, 0.2) is 2.14 Å². The summed E-state index contributed by atoms with van der Waals surface area (Å²) in [5.74, 6) is -0.0338. The topological polar surface area (TPSA) is 17.1 Å². The zero-order chi connectivity index (χ0) is 10.9. The molecule has 1 aromatic carbocycles. The van der Waals surface area contributed by atoms with E-state index in [1.54, 1.807) is 0 Å². The average molecular weight is 497 g/mol. The minimum atomic E-state index is -0.859. The lowest BCUT2D eigenvalue weighted by molar-refractivity contribution is 0.101. The van der Waals surface area contributed by atoms with Crippen LogP contribution in [0.2, 0.25) is 0 Å². The van der Waals surface area contributed by atoms with Crippen molar-refractivity contribution < 1.29 is 4.79 Å². The summed E-state index contributed by atoms with van der Waals surface area (Å²) in [6, 6.07) is 5.79. The summed E-state index contributed by atoms with van der Waals surface area (Å²) in [5.41, 5.74) is 1.68. The predicted octanol–water partition coefficient (Wildman–Crippen LogP) is 4.62. The van der Waals surface area contributed by atoms with E-state index in [-0.39, 0.29) is 5.78 Å². The fourth-order valence-corrected chi connectivity index (χ4v) is 2.12. The molecule has 76 valence electrons. The van der Waals surface area contributed by atoms with E-state index < -0.39 is 2.14 Å². The molecule has 0 aliphatic heterocycles. The summed E-state index contributed by atoms with van der Waals surface area (Å²) in [5, 5.41) is 0. The Hall–Kier alpha value is 1.06. The Morgan fingerprint density at radius 1 is 1.36 bits per heavy atom. The molecule has 14 heavy (non-hydrogen) atoms. The molecule has 0 bridgehead atoms. The first-order chi connectivity index (χ1) is 6.32. The van der Waals surface area contributed by atoms with Gasteiger partial charge in [-0.05, 0) is 47.2 Å². The Bertz CT molecular complexity index is 371. The van der Waals surface area contributed by atoms with E-state index in [9.17, 15) is 4.79 Å². The molecule has 0 atom stereocenters. The van der Waals surface area contributed by atoms with E-state index in [0.29, 0.717) is 5.56 Å². The molecule has 0 aliphatic carbocycles. The first-order valence-corrected chi connectivity index (χ1v) is 7.16. The number of aryl methyl sites for hydroxylation is 1. The molecular weight excluding hydrogens is 491 g/mol. The van der Waals surface area contributed by atoms with E-state index >= 15 is 0 Å². The van der Waals surface area contributed by atoms with Crippen molar-refractivity contribution in [3.8, 4) is 0 Å². The summed E-state index contributed by atoms with van der Waals surface area (Å²) >= 11 is 11.8. The van der Waals surface area contributed by atoms with Gasteiger partial charge in [-0.25, -0.2) is 0 Å². The van der Waals surface area contributed by atoms with Crippen LogP contribution in [0.5, 0.6) is 0 Å². The van der Waals surface area contributed by atoms with E-state index in [4.69, 9.17) is 0 Å². The average Bonchev–Trinajstić information content (AvgIpc) is 2.06. The smallest absolute Gasteiger partial charge is 0.201 e. The first-order valence-electron chi connectivity index (χ1n) is 3.70. The summed E-state index contributed by atoms with van der Waals surface area (Å²) in [7, 11) is 0. The molecule has 0 saturated carbocycles. The van der Waals surface area contributed by atoms with Crippen molar-refractivity contribution >= 4 is 76.2 Å². The largest absolute Gasteiger partial charge is 0.291 e. The number of hydrogen-bond acceptors (Lipinski definition) is 1. The third-order valence-electron chi connectivity index (χ3n) is 1.70. The Morgan fingerprint density at radius 3 is 2.43 bits per heavy atom. The molecule has 0 amide bonds. The van der Waals surface area contributed by atoms with Crippen LogP contribution in [0.15, 0.2) is 18.2 Å². The lowest BCUT2D eigenvalue weighted by Gasteiger charge is -2.12. The highest BCUT2D eigenvalue weighted by Crippen LogP contribution is 2.37. The Morgan fingerprint density at radius 2 is 1.93 bits per heavy atom. The standard InChI is InChI=1S/C9H6Br3IO/c1-5-2-3-6(13)4-7(5)8(14)9(10,11)12/h2-4H,1H3. The normalized spacial score (nSPS) is 11.5. The molecule has 0 aliphatic rings. The van der Waals surface area contributed by atoms with Crippen molar-refractivity contribution in [3.05, 3.63) is 32.9 Å². The van der Waals surface area contributed by atoms with Crippen molar-refractivity contribution in [3.63, 3.8) is 0 Å². The van der Waals surface area contributed by atoms with Crippen LogP contribution in [0.25, 0.3) is 0 Å². The molecule has 0 unspecified atom stereocenters. The Labute approximate surface area is 122 Å². The van der Waals surface area contributed by atoms with Gasteiger partial charge in [0.1, 0.15) is 0 Å². The van der Waals surface area contributed by atoms with Gasteiger partial charge >= 0.3 is 0 Å². The molecule has 0 radical (unpaired) electrons. The molecule has 0 heterocycles. The van der Waals surface area contributed by atoms with Crippen molar-refractivity contribution in [1.29, 1.82) is 0 Å². The summed E-state index contributed by atoms with van der Waals surface area (Å²) in [4.78, 5) is 11.9. The van der Waals surface area contributed by atoms with Gasteiger partial charge in [0.2, 0.25) is 5.78 Å². The fourth-order valence-electron chi connectivity index (χ4n) is 0.992. The molecule has 0 N–H and O–H groups in total. The van der Waals surface area contributed by atoms with E-state index in [2.05, 4.69) is 70.4 Å². The summed E-state index contributed by atoms with van der Waals surface area (Å²) in [6.07, 6.45) is 0. The highest BCUT2D eigenvalue weighted by molar-refractivity contribution is 14.1.